The number of carbonyl (C=O) groups excluding carboxylic acids is 1. The first-order chi connectivity index (χ1) is 12.2. The van der Waals surface area contributed by atoms with Gasteiger partial charge in [-0.25, -0.2) is 8.42 Å². The molecule has 1 amide bonds. The fourth-order valence-corrected chi connectivity index (χ4v) is 4.07. The number of aryl methyl sites for hydroxylation is 1. The van der Waals surface area contributed by atoms with Crippen LogP contribution >= 0.6 is 0 Å². The van der Waals surface area contributed by atoms with Crippen molar-refractivity contribution in [2.45, 2.75) is 39.3 Å². The van der Waals surface area contributed by atoms with Crippen molar-refractivity contribution in [1.82, 2.24) is 5.32 Å². The Morgan fingerprint density at radius 1 is 1.08 bits per heavy atom. The zero-order chi connectivity index (χ0) is 19.3. The van der Waals surface area contributed by atoms with Gasteiger partial charge in [0.1, 0.15) is 6.04 Å². The molecule has 1 N–H and O–H groups in total. The van der Waals surface area contributed by atoms with Gasteiger partial charge in [-0.1, -0.05) is 55.0 Å². The van der Waals surface area contributed by atoms with E-state index in [1.807, 2.05) is 56.3 Å². The summed E-state index contributed by atoms with van der Waals surface area (Å²) in [6.45, 7) is 5.52. The van der Waals surface area contributed by atoms with Gasteiger partial charge < -0.3 is 5.32 Å². The van der Waals surface area contributed by atoms with Gasteiger partial charge in [0.15, 0.2) is 0 Å². The third-order valence-electron chi connectivity index (χ3n) is 4.30. The second kappa shape index (κ2) is 8.36. The Bertz CT molecular complexity index is 833. The van der Waals surface area contributed by atoms with Crippen LogP contribution in [0, 0.1) is 6.92 Å². The third-order valence-corrected chi connectivity index (χ3v) is 5.55. The summed E-state index contributed by atoms with van der Waals surface area (Å²) in [5, 5.41) is 2.97. The average Bonchev–Trinajstić information content (AvgIpc) is 2.60. The molecule has 0 saturated carbocycles. The summed E-state index contributed by atoms with van der Waals surface area (Å²) in [6, 6.07) is 15.7. The van der Waals surface area contributed by atoms with Crippen molar-refractivity contribution in [2.75, 3.05) is 10.6 Å². The SMILES string of the molecule is CC[C@H](NC(=O)[C@@H](C)N(c1ccc(C)cc1)S(C)(=O)=O)c1ccccc1. The van der Waals surface area contributed by atoms with Crippen LogP contribution in [0.3, 0.4) is 0 Å². The van der Waals surface area contributed by atoms with Gasteiger partial charge in [0.2, 0.25) is 15.9 Å². The summed E-state index contributed by atoms with van der Waals surface area (Å²) in [6.07, 6.45) is 1.83. The lowest BCUT2D eigenvalue weighted by molar-refractivity contribution is -0.122. The number of sulfonamides is 1. The third kappa shape index (κ3) is 4.85. The quantitative estimate of drug-likeness (QED) is 0.807. The second-order valence-electron chi connectivity index (χ2n) is 6.45. The maximum atomic E-state index is 12.8. The molecule has 2 rings (SSSR count). The molecule has 6 heteroatoms. The van der Waals surface area contributed by atoms with Gasteiger partial charge in [0.25, 0.3) is 0 Å². The Morgan fingerprint density at radius 3 is 2.15 bits per heavy atom. The number of rotatable bonds is 7. The normalized spacial score (nSPS) is 13.7. The molecule has 0 aliphatic heterocycles. The van der Waals surface area contributed by atoms with E-state index < -0.39 is 16.1 Å². The monoisotopic (exact) mass is 374 g/mol. The summed E-state index contributed by atoms with van der Waals surface area (Å²) in [4.78, 5) is 12.8. The molecule has 0 aliphatic rings. The van der Waals surface area contributed by atoms with Crippen molar-refractivity contribution >= 4 is 21.6 Å². The zero-order valence-corrected chi connectivity index (χ0v) is 16.5. The van der Waals surface area contributed by atoms with Crippen molar-refractivity contribution in [1.29, 1.82) is 0 Å². The van der Waals surface area contributed by atoms with E-state index in [0.29, 0.717) is 12.1 Å². The van der Waals surface area contributed by atoms with Gasteiger partial charge in [-0.15, -0.1) is 0 Å². The van der Waals surface area contributed by atoms with Crippen molar-refractivity contribution in [3.8, 4) is 0 Å². The summed E-state index contributed by atoms with van der Waals surface area (Å²) in [5.41, 5.74) is 2.50. The van der Waals surface area contributed by atoms with E-state index in [0.717, 1.165) is 17.4 Å². The Morgan fingerprint density at radius 2 is 1.65 bits per heavy atom. The largest absolute Gasteiger partial charge is 0.347 e. The van der Waals surface area contributed by atoms with Crippen LogP contribution in [0.1, 0.15) is 37.4 Å². The number of amides is 1. The van der Waals surface area contributed by atoms with Crippen LogP contribution in [0.15, 0.2) is 54.6 Å². The molecule has 0 unspecified atom stereocenters. The predicted molar refractivity (Wildman–Crippen MR) is 106 cm³/mol. The molecule has 0 spiro atoms. The highest BCUT2D eigenvalue weighted by Gasteiger charge is 2.30. The topological polar surface area (TPSA) is 66.5 Å². The molecular weight excluding hydrogens is 348 g/mol. The first-order valence-corrected chi connectivity index (χ1v) is 10.5. The summed E-state index contributed by atoms with van der Waals surface area (Å²) in [7, 11) is -3.61. The van der Waals surface area contributed by atoms with Crippen LogP contribution in [-0.4, -0.2) is 26.6 Å². The average molecular weight is 375 g/mol. The Kier molecular flexibility index (Phi) is 6.42. The number of hydrogen-bond acceptors (Lipinski definition) is 3. The Hall–Kier alpha value is -2.34. The van der Waals surface area contributed by atoms with Crippen molar-refractivity contribution in [3.63, 3.8) is 0 Å². The van der Waals surface area contributed by atoms with Crippen LogP contribution in [0.4, 0.5) is 5.69 Å². The number of anilines is 1. The van der Waals surface area contributed by atoms with E-state index >= 15 is 0 Å². The fraction of sp³-hybridized carbons (Fsp3) is 0.350. The molecule has 0 aliphatic carbocycles. The van der Waals surface area contributed by atoms with Gasteiger partial charge in [0, 0.05) is 0 Å². The van der Waals surface area contributed by atoms with Gasteiger partial charge in [-0.05, 0) is 38.0 Å². The number of benzene rings is 2. The first-order valence-electron chi connectivity index (χ1n) is 8.65. The molecule has 140 valence electrons. The van der Waals surface area contributed by atoms with E-state index in [2.05, 4.69) is 5.32 Å². The minimum absolute atomic E-state index is 0.162. The van der Waals surface area contributed by atoms with Crippen LogP contribution in [-0.2, 0) is 14.8 Å². The van der Waals surface area contributed by atoms with Crippen LogP contribution in [0.5, 0.6) is 0 Å². The van der Waals surface area contributed by atoms with E-state index in [4.69, 9.17) is 0 Å². The lowest BCUT2D eigenvalue weighted by Gasteiger charge is -2.30. The lowest BCUT2D eigenvalue weighted by atomic mass is 10.0. The minimum Gasteiger partial charge on any atom is -0.347 e. The van der Waals surface area contributed by atoms with Gasteiger partial charge in [-0.2, -0.15) is 0 Å². The number of nitrogens with one attached hydrogen (secondary N) is 1. The number of nitrogens with zero attached hydrogens (tertiary/aromatic N) is 1. The second-order valence-corrected chi connectivity index (χ2v) is 8.31. The molecule has 0 radical (unpaired) electrons. The molecule has 2 atom stereocenters. The van der Waals surface area contributed by atoms with E-state index in [1.54, 1.807) is 19.1 Å². The molecule has 26 heavy (non-hydrogen) atoms. The van der Waals surface area contributed by atoms with Gasteiger partial charge in [-0.3, -0.25) is 9.10 Å². The molecule has 0 aromatic heterocycles. The van der Waals surface area contributed by atoms with Crippen molar-refractivity contribution < 1.29 is 13.2 Å². The van der Waals surface area contributed by atoms with E-state index in [9.17, 15) is 13.2 Å². The molecule has 0 fully saturated rings. The molecule has 2 aromatic carbocycles. The maximum Gasteiger partial charge on any atom is 0.244 e. The van der Waals surface area contributed by atoms with Crippen molar-refractivity contribution in [2.24, 2.45) is 0 Å². The molecule has 0 bridgehead atoms. The fourth-order valence-electron chi connectivity index (χ4n) is 2.90. The zero-order valence-electron chi connectivity index (χ0n) is 15.6. The Balaban J connectivity index is 2.26. The molecule has 5 nitrogen and oxygen atoms in total. The van der Waals surface area contributed by atoms with E-state index in [-0.39, 0.29) is 11.9 Å². The summed E-state index contributed by atoms with van der Waals surface area (Å²) >= 11 is 0. The van der Waals surface area contributed by atoms with Crippen LogP contribution < -0.4 is 9.62 Å². The predicted octanol–water partition coefficient (Wildman–Crippen LogP) is 3.42. The molecular formula is C20H26N2O3S. The number of hydrogen-bond donors (Lipinski definition) is 1. The molecule has 2 aromatic rings. The number of carbonyl (C=O) groups is 1. The van der Waals surface area contributed by atoms with Gasteiger partial charge in [0.05, 0.1) is 18.0 Å². The lowest BCUT2D eigenvalue weighted by Crippen LogP contribution is -2.48. The Labute approximate surface area is 156 Å². The highest BCUT2D eigenvalue weighted by atomic mass is 32.2. The van der Waals surface area contributed by atoms with Crippen LogP contribution in [0.25, 0.3) is 0 Å². The molecule has 0 saturated heterocycles. The summed E-state index contributed by atoms with van der Waals surface area (Å²) < 4.78 is 25.8. The first kappa shape index (κ1) is 20.0. The standard InChI is InChI=1S/C20H26N2O3S/c1-5-19(17-9-7-6-8-10-17)21-20(23)16(3)22(26(4,24)25)18-13-11-15(2)12-14-18/h6-14,16,19H,5H2,1-4H3,(H,21,23)/t16-,19+/m1/s1. The molecule has 0 heterocycles. The van der Waals surface area contributed by atoms with Crippen molar-refractivity contribution in [3.05, 3.63) is 65.7 Å². The highest BCUT2D eigenvalue weighted by Crippen LogP contribution is 2.22. The van der Waals surface area contributed by atoms with E-state index in [1.165, 1.54) is 4.31 Å². The van der Waals surface area contributed by atoms with Crippen LogP contribution in [0.2, 0.25) is 0 Å². The minimum atomic E-state index is -3.61. The maximum absolute atomic E-state index is 12.8. The summed E-state index contributed by atoms with van der Waals surface area (Å²) in [5.74, 6) is -0.327. The smallest absolute Gasteiger partial charge is 0.244 e. The van der Waals surface area contributed by atoms with Gasteiger partial charge >= 0.3 is 0 Å². The highest BCUT2D eigenvalue weighted by molar-refractivity contribution is 7.92.